The number of rotatable bonds is 0. The standard InChI is InChI=1S/C3H7NS2.ClH/c1-4(2)3(5)6;/h1-2H3,(H,5,6);1H. The van der Waals surface area contributed by atoms with Crippen LogP contribution < -0.4 is 0 Å². The number of halogens is 1. The van der Waals surface area contributed by atoms with Gasteiger partial charge in [-0.25, -0.2) is 0 Å². The molecule has 0 fully saturated rings. The molecule has 0 bridgehead atoms. The summed E-state index contributed by atoms with van der Waals surface area (Å²) in [5, 5.41) is 0. The van der Waals surface area contributed by atoms with Crippen LogP contribution in [0, 0.1) is 0 Å². The summed E-state index contributed by atoms with van der Waals surface area (Å²) in [6.45, 7) is 0. The number of thiol groups is 1. The highest BCUT2D eigenvalue weighted by Gasteiger charge is 1.83. The maximum absolute atomic E-state index is 4.61. The van der Waals surface area contributed by atoms with Crippen molar-refractivity contribution in [1.29, 1.82) is 0 Å². The van der Waals surface area contributed by atoms with Gasteiger partial charge in [0.25, 0.3) is 0 Å². The summed E-state index contributed by atoms with van der Waals surface area (Å²) in [7, 11) is 3.71. The number of hydrogen-bond acceptors (Lipinski definition) is 1. The largest absolute Gasteiger partial charge is 0.364 e. The first-order chi connectivity index (χ1) is 2.64. The average molecular weight is 158 g/mol. The lowest BCUT2D eigenvalue weighted by Gasteiger charge is -2.05. The minimum atomic E-state index is 0. The molecule has 0 aliphatic carbocycles. The Hall–Kier alpha value is 0.530. The molecule has 0 amide bonds. The zero-order valence-electron chi connectivity index (χ0n) is 4.21. The first-order valence-corrected chi connectivity index (χ1v) is 2.40. The molecule has 0 radical (unpaired) electrons. The molecular formula is C3H8ClNS2. The Labute approximate surface area is 60.9 Å². The van der Waals surface area contributed by atoms with Gasteiger partial charge >= 0.3 is 0 Å². The van der Waals surface area contributed by atoms with Crippen LogP contribution in [0.5, 0.6) is 0 Å². The average Bonchev–Trinajstić information content (AvgIpc) is 1.36. The van der Waals surface area contributed by atoms with Crippen LogP contribution in [0.2, 0.25) is 0 Å². The third-order valence-corrected chi connectivity index (χ3v) is 1.15. The molecule has 0 spiro atoms. The van der Waals surface area contributed by atoms with E-state index in [9.17, 15) is 0 Å². The van der Waals surface area contributed by atoms with Crippen LogP contribution in [0.1, 0.15) is 0 Å². The van der Waals surface area contributed by atoms with E-state index < -0.39 is 0 Å². The Morgan fingerprint density at radius 1 is 1.57 bits per heavy atom. The fourth-order valence-electron chi connectivity index (χ4n) is 0. The van der Waals surface area contributed by atoms with Crippen LogP contribution in [-0.4, -0.2) is 23.3 Å². The monoisotopic (exact) mass is 157 g/mol. The fraction of sp³-hybridized carbons (Fsp3) is 0.667. The molecule has 0 aliphatic rings. The fourth-order valence-corrected chi connectivity index (χ4v) is 0. The lowest BCUT2D eigenvalue weighted by molar-refractivity contribution is 0.648. The Kier molecular flexibility index (Phi) is 7.02. The molecule has 0 unspecified atom stereocenters. The summed E-state index contributed by atoms with van der Waals surface area (Å²) in [6.07, 6.45) is 0. The topological polar surface area (TPSA) is 3.24 Å². The van der Waals surface area contributed by atoms with Crippen molar-refractivity contribution in [2.24, 2.45) is 0 Å². The summed E-state index contributed by atoms with van der Waals surface area (Å²) >= 11 is 8.46. The van der Waals surface area contributed by atoms with E-state index in [1.54, 1.807) is 4.90 Å². The number of nitrogens with zero attached hydrogens (tertiary/aromatic N) is 1. The van der Waals surface area contributed by atoms with E-state index in [2.05, 4.69) is 24.8 Å². The Balaban J connectivity index is 0. The van der Waals surface area contributed by atoms with E-state index in [1.807, 2.05) is 14.1 Å². The van der Waals surface area contributed by atoms with Gasteiger partial charge in [-0.05, 0) is 0 Å². The summed E-state index contributed by atoms with van der Waals surface area (Å²) in [4.78, 5) is 1.76. The van der Waals surface area contributed by atoms with Gasteiger partial charge in [-0.15, -0.1) is 25.0 Å². The Morgan fingerprint density at radius 3 is 1.71 bits per heavy atom. The maximum Gasteiger partial charge on any atom is 0.132 e. The third-order valence-electron chi connectivity index (χ3n) is 0.383. The van der Waals surface area contributed by atoms with Crippen molar-refractivity contribution >= 4 is 41.6 Å². The molecule has 0 N–H and O–H groups in total. The summed E-state index contributed by atoms with van der Waals surface area (Å²) in [5.74, 6) is 0. The number of thiocarbonyl (C=S) groups is 1. The van der Waals surface area contributed by atoms with Crippen molar-refractivity contribution in [3.8, 4) is 0 Å². The van der Waals surface area contributed by atoms with Crippen LogP contribution in [0.3, 0.4) is 0 Å². The van der Waals surface area contributed by atoms with Crippen LogP contribution in [0.25, 0.3) is 0 Å². The summed E-state index contributed by atoms with van der Waals surface area (Å²) < 4.78 is 0.620. The first kappa shape index (κ1) is 10.5. The minimum absolute atomic E-state index is 0. The van der Waals surface area contributed by atoms with Gasteiger partial charge in [-0.2, -0.15) is 0 Å². The van der Waals surface area contributed by atoms with Gasteiger partial charge in [0.1, 0.15) is 4.32 Å². The van der Waals surface area contributed by atoms with E-state index in [0.29, 0.717) is 4.32 Å². The molecule has 0 aromatic heterocycles. The lowest BCUT2D eigenvalue weighted by Crippen LogP contribution is -2.12. The predicted molar refractivity (Wildman–Crippen MR) is 42.5 cm³/mol. The third kappa shape index (κ3) is 6.53. The van der Waals surface area contributed by atoms with Gasteiger partial charge in [0.15, 0.2) is 0 Å². The molecule has 0 atom stereocenters. The van der Waals surface area contributed by atoms with E-state index in [4.69, 9.17) is 0 Å². The Bertz CT molecular complexity index is 64.0. The van der Waals surface area contributed by atoms with E-state index in [0.717, 1.165) is 0 Å². The van der Waals surface area contributed by atoms with Crippen molar-refractivity contribution in [1.82, 2.24) is 4.90 Å². The molecule has 4 heteroatoms. The number of hydrogen-bond donors (Lipinski definition) is 1. The van der Waals surface area contributed by atoms with Crippen molar-refractivity contribution < 1.29 is 0 Å². The summed E-state index contributed by atoms with van der Waals surface area (Å²) in [5.41, 5.74) is 0. The second-order valence-electron chi connectivity index (χ2n) is 1.18. The van der Waals surface area contributed by atoms with Gasteiger partial charge in [0, 0.05) is 14.1 Å². The van der Waals surface area contributed by atoms with Crippen LogP contribution in [0.15, 0.2) is 0 Å². The van der Waals surface area contributed by atoms with Gasteiger partial charge in [-0.3, -0.25) is 0 Å². The minimum Gasteiger partial charge on any atom is -0.364 e. The van der Waals surface area contributed by atoms with Crippen LogP contribution >= 0.6 is 37.3 Å². The molecule has 0 saturated carbocycles. The van der Waals surface area contributed by atoms with Crippen molar-refractivity contribution in [3.63, 3.8) is 0 Å². The quantitative estimate of drug-likeness (QED) is 0.416. The molecule has 0 saturated heterocycles. The van der Waals surface area contributed by atoms with E-state index >= 15 is 0 Å². The first-order valence-electron chi connectivity index (χ1n) is 1.55. The van der Waals surface area contributed by atoms with Gasteiger partial charge < -0.3 is 4.90 Å². The zero-order chi connectivity index (χ0) is 5.15. The molecule has 0 rings (SSSR count). The second kappa shape index (κ2) is 4.68. The molecule has 0 aromatic rings. The van der Waals surface area contributed by atoms with Crippen molar-refractivity contribution in [2.45, 2.75) is 0 Å². The Morgan fingerprint density at radius 2 is 1.71 bits per heavy atom. The highest BCUT2D eigenvalue weighted by Crippen LogP contribution is 1.84. The zero-order valence-corrected chi connectivity index (χ0v) is 6.74. The van der Waals surface area contributed by atoms with E-state index in [1.165, 1.54) is 0 Å². The SMILES string of the molecule is CN(C)C(=S)S.Cl. The molecule has 0 aromatic carbocycles. The smallest absolute Gasteiger partial charge is 0.132 e. The van der Waals surface area contributed by atoms with Gasteiger partial charge in [0.05, 0.1) is 0 Å². The van der Waals surface area contributed by atoms with Crippen molar-refractivity contribution in [2.75, 3.05) is 14.1 Å². The second-order valence-corrected chi connectivity index (χ2v) is 2.29. The van der Waals surface area contributed by atoms with Gasteiger partial charge in [0.2, 0.25) is 0 Å². The molecule has 0 heterocycles. The highest BCUT2D eigenvalue weighted by atomic mass is 35.5. The lowest BCUT2D eigenvalue weighted by atomic mass is 11.0. The maximum atomic E-state index is 4.61. The van der Waals surface area contributed by atoms with E-state index in [-0.39, 0.29) is 12.4 Å². The molecular weight excluding hydrogens is 150 g/mol. The van der Waals surface area contributed by atoms with Gasteiger partial charge in [-0.1, -0.05) is 12.2 Å². The summed E-state index contributed by atoms with van der Waals surface area (Å²) in [6, 6.07) is 0. The van der Waals surface area contributed by atoms with Crippen LogP contribution in [0.4, 0.5) is 0 Å². The predicted octanol–water partition coefficient (Wildman–Crippen LogP) is 1.18. The normalized spacial score (nSPS) is 6.71. The molecule has 0 aliphatic heterocycles. The highest BCUT2D eigenvalue weighted by molar-refractivity contribution is 8.10. The molecule has 1 nitrogen and oxygen atoms in total. The van der Waals surface area contributed by atoms with Crippen molar-refractivity contribution in [3.05, 3.63) is 0 Å². The molecule has 7 heavy (non-hydrogen) atoms. The molecule has 44 valence electrons. The van der Waals surface area contributed by atoms with Crippen LogP contribution in [-0.2, 0) is 0 Å².